The molecule has 0 unspecified atom stereocenters. The van der Waals surface area contributed by atoms with Crippen molar-refractivity contribution in [2.75, 3.05) is 0 Å². The van der Waals surface area contributed by atoms with Crippen LogP contribution >= 0.6 is 7.82 Å². The first-order chi connectivity index (χ1) is 23.1. The quantitative estimate of drug-likeness (QED) is 0.0765. The Bertz CT molecular complexity index is 1760. The van der Waals surface area contributed by atoms with Gasteiger partial charge in [0.25, 0.3) is 0 Å². The van der Waals surface area contributed by atoms with Crippen LogP contribution in [-0.2, 0) is 18.1 Å². The Balaban J connectivity index is 1.51. The molecule has 0 saturated heterocycles. The molecule has 0 fully saturated rings. The molecule has 0 saturated carbocycles. The summed E-state index contributed by atoms with van der Waals surface area (Å²) in [7, 11) is -4.50. The molecule has 0 aliphatic carbocycles. The van der Waals surface area contributed by atoms with Crippen molar-refractivity contribution >= 4 is 43.3 Å². The van der Waals surface area contributed by atoms with Crippen LogP contribution < -0.4 is 0 Å². The Kier molecular flexibility index (Phi) is 10.2. The molecule has 0 aromatic heterocycles. The van der Waals surface area contributed by atoms with Crippen LogP contribution in [0.15, 0.2) is 182 Å². The van der Waals surface area contributed by atoms with Gasteiger partial charge >= 0.3 is 7.82 Å². The molecule has 0 amide bonds. The van der Waals surface area contributed by atoms with Crippen molar-refractivity contribution in [3.63, 3.8) is 0 Å². The van der Waals surface area contributed by atoms with Crippen LogP contribution in [0.4, 0.5) is 0 Å². The lowest BCUT2D eigenvalue weighted by Crippen LogP contribution is -2.02. The summed E-state index contributed by atoms with van der Waals surface area (Å²) in [4.78, 5) is 0. The van der Waals surface area contributed by atoms with E-state index in [-0.39, 0.29) is 0 Å². The Morgan fingerprint density at radius 3 is 0.787 bits per heavy atom. The molecule has 0 spiro atoms. The number of benzene rings is 6. The summed E-state index contributed by atoms with van der Waals surface area (Å²) in [6.45, 7) is 0. The highest BCUT2D eigenvalue weighted by atomic mass is 31.2. The fraction of sp³-hybridized carbons (Fsp3) is 0. The Labute approximate surface area is 276 Å². The molecule has 0 radical (unpaired) electrons. The van der Waals surface area contributed by atoms with Crippen molar-refractivity contribution < 1.29 is 18.1 Å². The highest BCUT2D eigenvalue weighted by molar-refractivity contribution is 7.49. The maximum Gasteiger partial charge on any atom is 0.647 e. The minimum absolute atomic E-state index is 0.333. The van der Waals surface area contributed by atoms with Gasteiger partial charge in [-0.25, -0.2) is 0 Å². The van der Waals surface area contributed by atoms with Gasteiger partial charge in [0.05, 0.1) is 0 Å². The molecular weight excluding hydrogens is 599 g/mol. The van der Waals surface area contributed by atoms with Gasteiger partial charge in [-0.15, -0.1) is 0 Å². The monoisotopic (exact) mass is 632 g/mol. The van der Waals surface area contributed by atoms with E-state index in [4.69, 9.17) is 13.6 Å². The molecule has 5 heteroatoms. The summed E-state index contributed by atoms with van der Waals surface area (Å²) in [5.41, 5.74) is 4.73. The average Bonchev–Trinajstić information content (AvgIpc) is 3.13. The van der Waals surface area contributed by atoms with Gasteiger partial charge in [0.1, 0.15) is 17.3 Å². The molecule has 0 aliphatic rings. The van der Waals surface area contributed by atoms with Crippen molar-refractivity contribution in [3.8, 4) is 0 Å². The number of rotatable bonds is 12. The zero-order chi connectivity index (χ0) is 32.2. The molecule has 0 N–H and O–H groups in total. The van der Waals surface area contributed by atoms with Gasteiger partial charge in [-0.3, -0.25) is 0 Å². The SMILES string of the molecule is O=P(O/C(=C\c1ccccc1)c1ccccc1)(O/C(=C\c1ccccc1)c1ccccc1)O/C(=C\c1ccccc1)c1ccccc1. The second-order valence-electron chi connectivity index (χ2n) is 10.6. The summed E-state index contributed by atoms with van der Waals surface area (Å²) in [6, 6.07) is 57.7. The number of hydrogen-bond donors (Lipinski definition) is 0. The maximum atomic E-state index is 15.3. The normalized spacial score (nSPS) is 12.3. The zero-order valence-electron chi connectivity index (χ0n) is 25.6. The first-order valence-corrected chi connectivity index (χ1v) is 16.7. The highest BCUT2D eigenvalue weighted by Gasteiger charge is 2.37. The van der Waals surface area contributed by atoms with Crippen LogP contribution in [-0.4, -0.2) is 0 Å². The number of hydrogen-bond acceptors (Lipinski definition) is 4. The molecule has 0 bridgehead atoms. The highest BCUT2D eigenvalue weighted by Crippen LogP contribution is 2.59. The molecule has 6 aromatic rings. The van der Waals surface area contributed by atoms with E-state index in [1.807, 2.05) is 200 Å². The van der Waals surface area contributed by atoms with Crippen LogP contribution in [0.2, 0.25) is 0 Å². The molecule has 47 heavy (non-hydrogen) atoms. The Morgan fingerprint density at radius 2 is 0.553 bits per heavy atom. The van der Waals surface area contributed by atoms with E-state index in [0.29, 0.717) is 34.0 Å². The Morgan fingerprint density at radius 1 is 0.340 bits per heavy atom. The van der Waals surface area contributed by atoms with Crippen molar-refractivity contribution in [3.05, 3.63) is 215 Å². The van der Waals surface area contributed by atoms with E-state index in [9.17, 15) is 0 Å². The van der Waals surface area contributed by atoms with Gasteiger partial charge in [0, 0.05) is 16.7 Å². The van der Waals surface area contributed by atoms with Crippen molar-refractivity contribution in [1.82, 2.24) is 0 Å². The third-order valence-corrected chi connectivity index (χ3v) is 8.36. The van der Waals surface area contributed by atoms with Gasteiger partial charge < -0.3 is 13.6 Å². The molecule has 0 atom stereocenters. The van der Waals surface area contributed by atoms with E-state index in [1.165, 1.54) is 0 Å². The minimum Gasteiger partial charge on any atom is -0.385 e. The van der Waals surface area contributed by atoms with E-state index in [0.717, 1.165) is 16.7 Å². The van der Waals surface area contributed by atoms with Crippen LogP contribution in [0.3, 0.4) is 0 Å². The van der Waals surface area contributed by atoms with Crippen LogP contribution in [0.1, 0.15) is 33.4 Å². The van der Waals surface area contributed by atoms with Gasteiger partial charge in [-0.1, -0.05) is 182 Å². The Hall–Kier alpha value is -5.83. The van der Waals surface area contributed by atoms with Crippen LogP contribution in [0.5, 0.6) is 0 Å². The van der Waals surface area contributed by atoms with Crippen molar-refractivity contribution in [2.45, 2.75) is 0 Å². The lowest BCUT2D eigenvalue weighted by atomic mass is 10.1. The van der Waals surface area contributed by atoms with E-state index < -0.39 is 7.82 Å². The predicted molar refractivity (Wildman–Crippen MR) is 193 cm³/mol. The first kappa shape index (κ1) is 31.2. The molecule has 0 aliphatic heterocycles. The van der Waals surface area contributed by atoms with E-state index >= 15 is 4.57 Å². The molecule has 4 nitrogen and oxygen atoms in total. The second-order valence-corrected chi connectivity index (χ2v) is 12.0. The summed E-state index contributed by atoms with van der Waals surface area (Å²) in [5, 5.41) is 0. The predicted octanol–water partition coefficient (Wildman–Crippen LogP) is 11.7. The minimum atomic E-state index is -4.50. The molecule has 6 aromatic carbocycles. The van der Waals surface area contributed by atoms with Crippen molar-refractivity contribution in [1.29, 1.82) is 0 Å². The van der Waals surface area contributed by atoms with Gasteiger partial charge in [0.2, 0.25) is 0 Å². The molecule has 230 valence electrons. The van der Waals surface area contributed by atoms with Crippen LogP contribution in [0, 0.1) is 0 Å². The fourth-order valence-corrected chi connectivity index (χ4v) is 6.12. The topological polar surface area (TPSA) is 44.8 Å². The third kappa shape index (κ3) is 8.88. The largest absolute Gasteiger partial charge is 0.647 e. The third-order valence-electron chi connectivity index (χ3n) is 7.10. The number of phosphoric acid groups is 1. The summed E-state index contributed by atoms with van der Waals surface area (Å²) in [6.07, 6.45) is 5.50. The fourth-order valence-electron chi connectivity index (χ4n) is 4.81. The second kappa shape index (κ2) is 15.4. The van der Waals surface area contributed by atoms with E-state index in [2.05, 4.69) is 0 Å². The first-order valence-electron chi connectivity index (χ1n) is 15.3. The van der Waals surface area contributed by atoms with E-state index in [1.54, 1.807) is 0 Å². The average molecular weight is 633 g/mol. The summed E-state index contributed by atoms with van der Waals surface area (Å²) >= 11 is 0. The molecule has 0 heterocycles. The smallest absolute Gasteiger partial charge is 0.385 e. The van der Waals surface area contributed by atoms with Crippen molar-refractivity contribution in [2.24, 2.45) is 0 Å². The van der Waals surface area contributed by atoms with Gasteiger partial charge in [-0.05, 0) is 34.9 Å². The van der Waals surface area contributed by atoms with Gasteiger partial charge in [-0.2, -0.15) is 4.57 Å². The maximum absolute atomic E-state index is 15.3. The van der Waals surface area contributed by atoms with Gasteiger partial charge in [0.15, 0.2) is 0 Å². The summed E-state index contributed by atoms with van der Waals surface area (Å²) in [5.74, 6) is 0.998. The zero-order valence-corrected chi connectivity index (χ0v) is 26.5. The molecule has 6 rings (SSSR count). The lowest BCUT2D eigenvalue weighted by Gasteiger charge is -2.24. The summed E-state index contributed by atoms with van der Waals surface area (Å²) < 4.78 is 34.8. The standard InChI is InChI=1S/C42H33O4P/c43-47(44-40(37-25-13-4-14-26-37)31-34-19-7-1-8-20-34,45-41(38-27-15-5-16-28-38)32-35-21-9-2-10-22-35)46-42(39-29-17-6-18-30-39)33-36-23-11-3-12-24-36/h1-33H/b40-31-,41-32-,42-33-. The molecular formula is C42H33O4P. The number of phosphoric ester groups is 1. The lowest BCUT2D eigenvalue weighted by molar-refractivity contribution is 0.260. The van der Waals surface area contributed by atoms with Crippen LogP contribution in [0.25, 0.3) is 35.5 Å².